The van der Waals surface area contributed by atoms with E-state index in [2.05, 4.69) is 39.1 Å². The molecule has 68 valence electrons. The quantitative estimate of drug-likeness (QED) is 0.389. The summed E-state index contributed by atoms with van der Waals surface area (Å²) in [7, 11) is 0. The number of allylic oxidation sites excluding steroid dienone is 1. The summed E-state index contributed by atoms with van der Waals surface area (Å²) in [6, 6.07) is 0. The number of terminal acetylenes is 1. The molecule has 0 aromatic carbocycles. The molecule has 0 amide bonds. The average molecular weight is 231 g/mol. The SMILES string of the molecule is C#CCCNCCNC(=C)CBr. The van der Waals surface area contributed by atoms with Crippen LogP contribution < -0.4 is 10.6 Å². The number of hydrogen-bond donors (Lipinski definition) is 2. The van der Waals surface area contributed by atoms with Gasteiger partial charge in [0.2, 0.25) is 0 Å². The number of hydrogen-bond acceptors (Lipinski definition) is 2. The maximum absolute atomic E-state index is 5.09. The third-order valence-corrected chi connectivity index (χ3v) is 1.96. The fourth-order valence-electron chi connectivity index (χ4n) is 0.660. The van der Waals surface area contributed by atoms with Crippen molar-refractivity contribution >= 4 is 15.9 Å². The first-order chi connectivity index (χ1) is 5.81. The second-order valence-corrected chi connectivity index (χ2v) is 2.93. The largest absolute Gasteiger partial charge is 0.387 e. The molecule has 0 aliphatic carbocycles. The van der Waals surface area contributed by atoms with Crippen LogP contribution in [0.3, 0.4) is 0 Å². The van der Waals surface area contributed by atoms with Crippen molar-refractivity contribution in [3.05, 3.63) is 12.3 Å². The Morgan fingerprint density at radius 3 is 2.75 bits per heavy atom. The molecular weight excluding hydrogens is 216 g/mol. The van der Waals surface area contributed by atoms with Crippen LogP contribution in [0, 0.1) is 12.3 Å². The van der Waals surface area contributed by atoms with Crippen LogP contribution >= 0.6 is 15.9 Å². The Morgan fingerprint density at radius 1 is 1.42 bits per heavy atom. The van der Waals surface area contributed by atoms with Gasteiger partial charge in [0.15, 0.2) is 0 Å². The van der Waals surface area contributed by atoms with Gasteiger partial charge in [-0.05, 0) is 0 Å². The molecule has 0 atom stereocenters. The fourth-order valence-corrected chi connectivity index (χ4v) is 0.859. The molecule has 0 radical (unpaired) electrons. The molecule has 0 aromatic heterocycles. The molecular formula is C9H15BrN2. The average Bonchev–Trinajstić information content (AvgIpc) is 2.10. The van der Waals surface area contributed by atoms with E-state index in [4.69, 9.17) is 6.42 Å². The molecule has 0 rings (SSSR count). The monoisotopic (exact) mass is 230 g/mol. The molecule has 0 aliphatic heterocycles. The van der Waals surface area contributed by atoms with E-state index in [1.807, 2.05) is 0 Å². The van der Waals surface area contributed by atoms with Crippen LogP contribution in [0.5, 0.6) is 0 Å². The van der Waals surface area contributed by atoms with Crippen molar-refractivity contribution in [1.82, 2.24) is 10.6 Å². The lowest BCUT2D eigenvalue weighted by Gasteiger charge is -2.06. The van der Waals surface area contributed by atoms with Gasteiger partial charge in [-0.2, -0.15) is 0 Å². The van der Waals surface area contributed by atoms with Crippen LogP contribution in [0.4, 0.5) is 0 Å². The van der Waals surface area contributed by atoms with Crippen LogP contribution in [0.15, 0.2) is 12.3 Å². The van der Waals surface area contributed by atoms with E-state index in [0.717, 1.165) is 37.1 Å². The molecule has 0 spiro atoms. The minimum absolute atomic E-state index is 0.791. The van der Waals surface area contributed by atoms with Crippen LogP contribution in [0.2, 0.25) is 0 Å². The van der Waals surface area contributed by atoms with Crippen molar-refractivity contribution in [2.24, 2.45) is 0 Å². The van der Waals surface area contributed by atoms with E-state index < -0.39 is 0 Å². The standard InChI is InChI=1S/C9H15BrN2/c1-3-4-5-11-6-7-12-9(2)8-10/h1,11-12H,2,4-8H2. The van der Waals surface area contributed by atoms with Gasteiger partial charge in [0.1, 0.15) is 0 Å². The third kappa shape index (κ3) is 7.64. The van der Waals surface area contributed by atoms with Gasteiger partial charge in [0.25, 0.3) is 0 Å². The first-order valence-corrected chi connectivity index (χ1v) is 5.05. The first-order valence-electron chi connectivity index (χ1n) is 3.93. The number of rotatable bonds is 7. The lowest BCUT2D eigenvalue weighted by molar-refractivity contribution is 0.660. The number of alkyl halides is 1. The fraction of sp³-hybridized carbons (Fsp3) is 0.556. The zero-order chi connectivity index (χ0) is 9.23. The minimum atomic E-state index is 0.791. The van der Waals surface area contributed by atoms with E-state index in [1.54, 1.807) is 0 Å². The lowest BCUT2D eigenvalue weighted by Crippen LogP contribution is -2.27. The smallest absolute Gasteiger partial charge is 0.0425 e. The summed E-state index contributed by atoms with van der Waals surface area (Å²) in [5.41, 5.74) is 1.01. The topological polar surface area (TPSA) is 24.1 Å². The van der Waals surface area contributed by atoms with Gasteiger partial charge in [-0.25, -0.2) is 0 Å². The molecule has 0 bridgehead atoms. The van der Waals surface area contributed by atoms with Crippen LogP contribution in [-0.2, 0) is 0 Å². The van der Waals surface area contributed by atoms with Crippen molar-refractivity contribution in [3.63, 3.8) is 0 Å². The zero-order valence-electron chi connectivity index (χ0n) is 7.20. The summed E-state index contributed by atoms with van der Waals surface area (Å²) >= 11 is 3.30. The first kappa shape index (κ1) is 11.5. The Labute approximate surface area is 82.9 Å². The highest BCUT2D eigenvalue weighted by atomic mass is 79.9. The van der Waals surface area contributed by atoms with E-state index in [-0.39, 0.29) is 0 Å². The van der Waals surface area contributed by atoms with Crippen molar-refractivity contribution in [2.45, 2.75) is 6.42 Å². The highest BCUT2D eigenvalue weighted by Gasteiger charge is 1.88. The maximum Gasteiger partial charge on any atom is 0.0425 e. The van der Waals surface area contributed by atoms with Gasteiger partial charge in [-0.3, -0.25) is 0 Å². The van der Waals surface area contributed by atoms with Crippen molar-refractivity contribution in [3.8, 4) is 12.3 Å². The summed E-state index contributed by atoms with van der Waals surface area (Å²) in [6.07, 6.45) is 5.88. The third-order valence-electron chi connectivity index (χ3n) is 1.28. The molecule has 3 heteroatoms. The Kier molecular flexibility index (Phi) is 8.30. The molecule has 0 saturated carbocycles. The predicted octanol–water partition coefficient (Wildman–Crippen LogP) is 1.10. The van der Waals surface area contributed by atoms with Crippen LogP contribution in [-0.4, -0.2) is 25.0 Å². The van der Waals surface area contributed by atoms with E-state index >= 15 is 0 Å². The molecule has 0 aliphatic rings. The van der Waals surface area contributed by atoms with Crippen LogP contribution in [0.1, 0.15) is 6.42 Å². The van der Waals surface area contributed by atoms with Crippen molar-refractivity contribution < 1.29 is 0 Å². The maximum atomic E-state index is 5.09. The molecule has 2 nitrogen and oxygen atoms in total. The van der Waals surface area contributed by atoms with Gasteiger partial charge >= 0.3 is 0 Å². The van der Waals surface area contributed by atoms with Crippen LogP contribution in [0.25, 0.3) is 0 Å². The Morgan fingerprint density at radius 2 is 2.17 bits per heavy atom. The van der Waals surface area contributed by atoms with Gasteiger partial charge in [-0.15, -0.1) is 12.3 Å². The molecule has 0 aromatic rings. The van der Waals surface area contributed by atoms with E-state index in [1.165, 1.54) is 0 Å². The van der Waals surface area contributed by atoms with Gasteiger partial charge in [-0.1, -0.05) is 22.5 Å². The highest BCUT2D eigenvalue weighted by molar-refractivity contribution is 9.09. The van der Waals surface area contributed by atoms with E-state index in [0.29, 0.717) is 0 Å². The summed E-state index contributed by atoms with van der Waals surface area (Å²) in [5.74, 6) is 2.57. The second kappa shape index (κ2) is 8.63. The van der Waals surface area contributed by atoms with Gasteiger partial charge < -0.3 is 10.6 Å². The normalized spacial score (nSPS) is 9.00. The molecule has 0 heterocycles. The minimum Gasteiger partial charge on any atom is -0.387 e. The predicted molar refractivity (Wildman–Crippen MR) is 57.3 cm³/mol. The molecule has 12 heavy (non-hydrogen) atoms. The Bertz CT molecular complexity index is 160. The summed E-state index contributed by atoms with van der Waals surface area (Å²) in [6.45, 7) is 6.50. The summed E-state index contributed by atoms with van der Waals surface area (Å²) < 4.78 is 0. The van der Waals surface area contributed by atoms with Gasteiger partial charge in [0, 0.05) is 37.1 Å². The number of nitrogens with one attached hydrogen (secondary N) is 2. The Balaban J connectivity index is 3.01. The second-order valence-electron chi connectivity index (χ2n) is 2.37. The number of halogens is 1. The van der Waals surface area contributed by atoms with Crippen molar-refractivity contribution in [2.75, 3.05) is 25.0 Å². The Hall–Kier alpha value is -0.460. The summed E-state index contributed by atoms with van der Waals surface area (Å²) in [5, 5.41) is 7.16. The van der Waals surface area contributed by atoms with E-state index in [9.17, 15) is 0 Å². The van der Waals surface area contributed by atoms with Gasteiger partial charge in [0.05, 0.1) is 0 Å². The summed E-state index contributed by atoms with van der Waals surface area (Å²) in [4.78, 5) is 0. The molecule has 2 N–H and O–H groups in total. The molecule has 0 saturated heterocycles. The molecule has 0 fully saturated rings. The highest BCUT2D eigenvalue weighted by Crippen LogP contribution is 1.88. The zero-order valence-corrected chi connectivity index (χ0v) is 8.78. The lowest BCUT2D eigenvalue weighted by atomic mass is 10.4. The van der Waals surface area contributed by atoms with Crippen molar-refractivity contribution in [1.29, 1.82) is 0 Å². The molecule has 0 unspecified atom stereocenters.